The summed E-state index contributed by atoms with van der Waals surface area (Å²) in [6.07, 6.45) is 0. The maximum absolute atomic E-state index is 8.55. The molecule has 1 unspecified atom stereocenters. The van der Waals surface area contributed by atoms with Gasteiger partial charge in [0.05, 0.1) is 0 Å². The van der Waals surface area contributed by atoms with Gasteiger partial charge in [0.25, 0.3) is 0 Å². The average molecular weight is 156 g/mol. The van der Waals surface area contributed by atoms with Crippen LogP contribution in [0.25, 0.3) is 0 Å². The zero-order chi connectivity index (χ0) is 4.50. The SMILES string of the molecule is O=P([O-])([O-])[O-].P.[Al+3]. The molecule has 0 saturated carbocycles. The summed E-state index contributed by atoms with van der Waals surface area (Å²) in [7, 11) is -5.39. The van der Waals surface area contributed by atoms with Crippen molar-refractivity contribution in [3.63, 3.8) is 0 Å². The summed E-state index contributed by atoms with van der Waals surface area (Å²) in [4.78, 5) is 25.6. The van der Waals surface area contributed by atoms with Crippen molar-refractivity contribution in [3.05, 3.63) is 0 Å². The Hall–Kier alpha value is 1.07. The van der Waals surface area contributed by atoms with Gasteiger partial charge in [-0.25, -0.2) is 0 Å². The molecule has 7 heteroatoms. The van der Waals surface area contributed by atoms with E-state index in [0.717, 1.165) is 0 Å². The Bertz CT molecular complexity index is 55.8. The van der Waals surface area contributed by atoms with Crippen molar-refractivity contribution < 1.29 is 19.2 Å². The molecule has 0 amide bonds. The van der Waals surface area contributed by atoms with Gasteiger partial charge in [0, 0.05) is 0 Å². The average Bonchev–Trinajstić information content (AvgIpc) is 0.722. The first-order valence-electron chi connectivity index (χ1n) is 0.730. The fourth-order valence-corrected chi connectivity index (χ4v) is 0. The second-order valence-corrected chi connectivity index (χ2v) is 1.34. The zero-order valence-electron chi connectivity index (χ0n) is 3.36. The van der Waals surface area contributed by atoms with Crippen LogP contribution in [0, 0.1) is 0 Å². The van der Waals surface area contributed by atoms with Gasteiger partial charge >= 0.3 is 17.4 Å². The van der Waals surface area contributed by atoms with Crippen LogP contribution in [0.3, 0.4) is 0 Å². The first-order chi connectivity index (χ1) is 2.00. The summed E-state index contributed by atoms with van der Waals surface area (Å²) in [5.74, 6) is 0. The predicted molar refractivity (Wildman–Crippen MR) is 24.5 cm³/mol. The van der Waals surface area contributed by atoms with E-state index < -0.39 is 7.82 Å². The molecule has 0 spiro atoms. The van der Waals surface area contributed by atoms with Crippen LogP contribution in [0.1, 0.15) is 0 Å². The van der Waals surface area contributed by atoms with Gasteiger partial charge in [-0.3, -0.25) is 0 Å². The van der Waals surface area contributed by atoms with Crippen molar-refractivity contribution in [2.24, 2.45) is 0 Å². The van der Waals surface area contributed by atoms with E-state index in [9.17, 15) is 0 Å². The minimum atomic E-state index is -5.39. The quantitative estimate of drug-likeness (QED) is 0.273. The van der Waals surface area contributed by atoms with E-state index in [0.29, 0.717) is 0 Å². The Kier molecular flexibility index (Phi) is 11.7. The maximum Gasteiger partial charge on any atom is 3.00 e. The molecule has 0 N–H and O–H groups in total. The van der Waals surface area contributed by atoms with Gasteiger partial charge in [0.2, 0.25) is 0 Å². The van der Waals surface area contributed by atoms with Crippen LogP contribution in [-0.4, -0.2) is 17.4 Å². The minimum absolute atomic E-state index is 0. The van der Waals surface area contributed by atoms with E-state index in [1.807, 2.05) is 0 Å². The molecule has 40 valence electrons. The van der Waals surface area contributed by atoms with E-state index in [2.05, 4.69) is 0 Å². The van der Waals surface area contributed by atoms with Crippen LogP contribution in [-0.2, 0) is 4.57 Å². The van der Waals surface area contributed by atoms with E-state index in [-0.39, 0.29) is 27.3 Å². The first kappa shape index (κ1) is 15.7. The minimum Gasteiger partial charge on any atom is -0.822 e. The van der Waals surface area contributed by atoms with Gasteiger partial charge < -0.3 is 19.2 Å². The second-order valence-electron chi connectivity index (χ2n) is 0.447. The summed E-state index contributed by atoms with van der Waals surface area (Å²) >= 11 is 0. The van der Waals surface area contributed by atoms with Crippen molar-refractivity contribution in [1.29, 1.82) is 0 Å². The molecule has 0 rings (SSSR count). The zero-order valence-corrected chi connectivity index (χ0v) is 6.83. The topological polar surface area (TPSA) is 86.2 Å². The Morgan fingerprint density at radius 2 is 1.14 bits per heavy atom. The molecular formula is H3AlO4P2. The largest absolute Gasteiger partial charge is 3.00 e. The summed E-state index contributed by atoms with van der Waals surface area (Å²) in [5.41, 5.74) is 0. The Labute approximate surface area is 54.9 Å². The van der Waals surface area contributed by atoms with Gasteiger partial charge in [0.1, 0.15) is 0 Å². The van der Waals surface area contributed by atoms with E-state index in [1.165, 1.54) is 0 Å². The third kappa shape index (κ3) is 158. The van der Waals surface area contributed by atoms with Crippen molar-refractivity contribution in [1.82, 2.24) is 0 Å². The van der Waals surface area contributed by atoms with Crippen molar-refractivity contribution in [2.45, 2.75) is 0 Å². The van der Waals surface area contributed by atoms with Gasteiger partial charge in [-0.15, -0.1) is 0 Å². The van der Waals surface area contributed by atoms with E-state index in [1.54, 1.807) is 0 Å². The number of phosphoric acid groups is 1. The summed E-state index contributed by atoms with van der Waals surface area (Å²) in [5, 5.41) is 0. The molecule has 0 radical (unpaired) electrons. The summed E-state index contributed by atoms with van der Waals surface area (Å²) in [6, 6.07) is 0. The van der Waals surface area contributed by atoms with Crippen LogP contribution < -0.4 is 14.7 Å². The Morgan fingerprint density at radius 1 is 1.14 bits per heavy atom. The fraction of sp³-hybridized carbons (Fsp3) is 0. The van der Waals surface area contributed by atoms with E-state index in [4.69, 9.17) is 19.2 Å². The summed E-state index contributed by atoms with van der Waals surface area (Å²) in [6.45, 7) is 0. The van der Waals surface area contributed by atoms with Crippen LogP contribution >= 0.6 is 17.7 Å². The molecule has 0 aromatic carbocycles. The molecule has 0 fully saturated rings. The van der Waals surface area contributed by atoms with E-state index >= 15 is 0 Å². The van der Waals surface area contributed by atoms with Crippen LogP contribution in [0.2, 0.25) is 0 Å². The number of rotatable bonds is 0. The molecule has 7 heavy (non-hydrogen) atoms. The molecule has 0 saturated heterocycles. The molecule has 0 aliphatic rings. The first-order valence-corrected chi connectivity index (χ1v) is 2.19. The molecular weight excluding hydrogens is 153 g/mol. The second kappa shape index (κ2) is 5.21. The summed E-state index contributed by atoms with van der Waals surface area (Å²) < 4.78 is 8.55. The molecule has 0 aromatic rings. The predicted octanol–water partition coefficient (Wildman–Crippen LogP) is -3.15. The molecule has 0 heterocycles. The maximum atomic E-state index is 8.55. The van der Waals surface area contributed by atoms with Crippen LogP contribution in [0.5, 0.6) is 0 Å². The number of hydrogen-bond acceptors (Lipinski definition) is 4. The van der Waals surface area contributed by atoms with Crippen molar-refractivity contribution in [3.8, 4) is 0 Å². The normalized spacial score (nSPS) is 8.43. The molecule has 1 atom stereocenters. The standard InChI is InChI=1S/Al.H3O4P.H3P/c;1-5(2,3)4;/h;(H3,1,2,3,4);1H3/q+3;;/p-3. The number of hydrogen-bond donors (Lipinski definition) is 0. The third-order valence-electron chi connectivity index (χ3n) is 0. The Morgan fingerprint density at radius 3 is 1.14 bits per heavy atom. The smallest absolute Gasteiger partial charge is 0.822 e. The van der Waals surface area contributed by atoms with Gasteiger partial charge in [0.15, 0.2) is 0 Å². The molecule has 0 aliphatic heterocycles. The van der Waals surface area contributed by atoms with Crippen LogP contribution in [0.15, 0.2) is 0 Å². The van der Waals surface area contributed by atoms with Gasteiger partial charge in [-0.1, -0.05) is 0 Å². The Balaban J connectivity index is -0.0000000800. The monoisotopic (exact) mass is 156 g/mol. The molecule has 0 aliphatic carbocycles. The molecule has 4 nitrogen and oxygen atoms in total. The van der Waals surface area contributed by atoms with Gasteiger partial charge in [-0.05, 0) is 0 Å². The molecule has 0 aromatic heterocycles. The molecule has 0 bridgehead atoms. The van der Waals surface area contributed by atoms with Crippen molar-refractivity contribution >= 4 is 35.1 Å². The third-order valence-corrected chi connectivity index (χ3v) is 0. The van der Waals surface area contributed by atoms with Crippen LogP contribution in [0.4, 0.5) is 0 Å². The van der Waals surface area contributed by atoms with Crippen molar-refractivity contribution in [2.75, 3.05) is 0 Å². The van der Waals surface area contributed by atoms with Gasteiger partial charge in [-0.2, -0.15) is 17.7 Å². The fourth-order valence-electron chi connectivity index (χ4n) is 0.